The molecule has 3 rings (SSSR count). The van der Waals surface area contributed by atoms with Gasteiger partial charge >= 0.3 is 0 Å². The molecule has 5 nitrogen and oxygen atoms in total. The number of benzene rings is 1. The van der Waals surface area contributed by atoms with E-state index in [0.717, 1.165) is 24.6 Å². The van der Waals surface area contributed by atoms with Crippen LogP contribution >= 0.6 is 0 Å². The molecule has 1 saturated heterocycles. The van der Waals surface area contributed by atoms with Gasteiger partial charge in [0.15, 0.2) is 0 Å². The lowest BCUT2D eigenvalue weighted by Crippen LogP contribution is -2.51. The first kappa shape index (κ1) is 16.7. The monoisotopic (exact) mass is 338 g/mol. The van der Waals surface area contributed by atoms with Crippen molar-refractivity contribution in [1.82, 2.24) is 9.21 Å². The van der Waals surface area contributed by atoms with Crippen LogP contribution in [-0.2, 0) is 10.0 Å². The van der Waals surface area contributed by atoms with E-state index in [0.29, 0.717) is 24.9 Å². The van der Waals surface area contributed by atoms with Crippen molar-refractivity contribution in [1.29, 1.82) is 0 Å². The van der Waals surface area contributed by atoms with Crippen LogP contribution in [0.2, 0.25) is 0 Å². The summed E-state index contributed by atoms with van der Waals surface area (Å²) in [5.41, 5.74) is 0.922. The topological polar surface area (TPSA) is 49.9 Å². The van der Waals surface area contributed by atoms with E-state index in [2.05, 4.69) is 11.8 Å². The molecule has 1 aliphatic carbocycles. The SMILES string of the molecule is COc1ccc(C)cc1S(=O)(=O)N1CCN(C(C)C2CC2)CC1. The van der Waals surface area contributed by atoms with Gasteiger partial charge in [0.1, 0.15) is 10.6 Å². The summed E-state index contributed by atoms with van der Waals surface area (Å²) in [7, 11) is -1.99. The molecule has 2 aliphatic rings. The molecule has 1 aromatic rings. The molecule has 1 heterocycles. The highest BCUT2D eigenvalue weighted by molar-refractivity contribution is 7.89. The standard InChI is InChI=1S/C17H26N2O3S/c1-13-4-7-16(22-3)17(12-13)23(20,21)19-10-8-18(9-11-19)14(2)15-5-6-15/h4,7,12,14-15H,5-6,8-11H2,1-3H3. The van der Waals surface area contributed by atoms with Crippen LogP contribution in [0.15, 0.2) is 23.1 Å². The summed E-state index contributed by atoms with van der Waals surface area (Å²) >= 11 is 0. The van der Waals surface area contributed by atoms with Crippen molar-refractivity contribution < 1.29 is 13.2 Å². The molecular formula is C17H26N2O3S. The fourth-order valence-corrected chi connectivity index (χ4v) is 5.02. The Morgan fingerprint density at radius 2 is 1.83 bits per heavy atom. The van der Waals surface area contributed by atoms with Crippen molar-refractivity contribution in [2.75, 3.05) is 33.3 Å². The molecular weight excluding hydrogens is 312 g/mol. The highest BCUT2D eigenvalue weighted by Gasteiger charge is 2.36. The molecule has 1 aliphatic heterocycles. The summed E-state index contributed by atoms with van der Waals surface area (Å²) in [4.78, 5) is 2.71. The maximum absolute atomic E-state index is 13.0. The van der Waals surface area contributed by atoms with E-state index in [4.69, 9.17) is 4.74 Å². The highest BCUT2D eigenvalue weighted by Crippen LogP contribution is 2.36. The second-order valence-corrected chi connectivity index (χ2v) is 8.58. The second-order valence-electron chi connectivity index (χ2n) is 6.67. The van der Waals surface area contributed by atoms with E-state index in [9.17, 15) is 8.42 Å². The van der Waals surface area contributed by atoms with Crippen LogP contribution < -0.4 is 4.74 Å². The molecule has 128 valence electrons. The molecule has 2 fully saturated rings. The normalized spacial score (nSPS) is 22.0. The van der Waals surface area contributed by atoms with Gasteiger partial charge < -0.3 is 4.74 Å². The molecule has 0 bridgehead atoms. The number of piperazine rings is 1. The van der Waals surface area contributed by atoms with Gasteiger partial charge in [-0.1, -0.05) is 6.07 Å². The van der Waals surface area contributed by atoms with Gasteiger partial charge in [0.2, 0.25) is 10.0 Å². The molecule has 0 spiro atoms. The third-order valence-electron chi connectivity index (χ3n) is 5.09. The number of nitrogens with zero attached hydrogens (tertiary/aromatic N) is 2. The third-order valence-corrected chi connectivity index (χ3v) is 7.01. The molecule has 1 atom stereocenters. The lowest BCUT2D eigenvalue weighted by molar-refractivity contribution is 0.133. The summed E-state index contributed by atoms with van der Waals surface area (Å²) in [6, 6.07) is 5.88. The van der Waals surface area contributed by atoms with E-state index in [1.807, 2.05) is 13.0 Å². The van der Waals surface area contributed by atoms with Gasteiger partial charge in [0.05, 0.1) is 7.11 Å². The first-order valence-electron chi connectivity index (χ1n) is 8.32. The summed E-state index contributed by atoms with van der Waals surface area (Å²) in [5.74, 6) is 1.24. The van der Waals surface area contributed by atoms with Crippen molar-refractivity contribution in [3.8, 4) is 5.75 Å². The van der Waals surface area contributed by atoms with Crippen LogP contribution in [0.4, 0.5) is 0 Å². The molecule has 0 aromatic heterocycles. The molecule has 6 heteroatoms. The number of sulfonamides is 1. The van der Waals surface area contributed by atoms with Crippen LogP contribution in [-0.4, -0.2) is 57.0 Å². The molecule has 23 heavy (non-hydrogen) atoms. The van der Waals surface area contributed by atoms with Gasteiger partial charge in [0, 0.05) is 32.2 Å². The van der Waals surface area contributed by atoms with Crippen molar-refractivity contribution >= 4 is 10.0 Å². The lowest BCUT2D eigenvalue weighted by atomic mass is 10.1. The fraction of sp³-hybridized carbons (Fsp3) is 0.647. The molecule has 0 radical (unpaired) electrons. The largest absolute Gasteiger partial charge is 0.495 e. The first-order valence-corrected chi connectivity index (χ1v) is 9.76. The molecule has 1 aromatic carbocycles. The van der Waals surface area contributed by atoms with Gasteiger partial charge in [-0.15, -0.1) is 0 Å². The summed E-state index contributed by atoms with van der Waals surface area (Å²) in [6.07, 6.45) is 2.64. The fourth-order valence-electron chi connectivity index (χ4n) is 3.35. The van der Waals surface area contributed by atoms with E-state index in [1.165, 1.54) is 20.0 Å². The smallest absolute Gasteiger partial charge is 0.246 e. The Bertz CT molecular complexity index is 662. The van der Waals surface area contributed by atoms with Gasteiger partial charge in [0.25, 0.3) is 0 Å². The Kier molecular flexibility index (Phi) is 4.67. The van der Waals surface area contributed by atoms with Crippen molar-refractivity contribution in [3.63, 3.8) is 0 Å². The van der Waals surface area contributed by atoms with Gasteiger partial charge in [-0.25, -0.2) is 8.42 Å². The number of methoxy groups -OCH3 is 1. The Labute approximate surface area is 139 Å². The average Bonchev–Trinajstić information content (AvgIpc) is 3.39. The maximum Gasteiger partial charge on any atom is 0.246 e. The van der Waals surface area contributed by atoms with E-state index in [1.54, 1.807) is 16.4 Å². The van der Waals surface area contributed by atoms with Gasteiger partial charge in [-0.3, -0.25) is 4.90 Å². The zero-order valence-corrected chi connectivity index (χ0v) is 15.0. The number of aryl methyl sites for hydroxylation is 1. The number of hydrogen-bond donors (Lipinski definition) is 0. The summed E-state index contributed by atoms with van der Waals surface area (Å²) < 4.78 is 32.8. The van der Waals surface area contributed by atoms with Crippen molar-refractivity contribution in [3.05, 3.63) is 23.8 Å². The van der Waals surface area contributed by atoms with Gasteiger partial charge in [-0.2, -0.15) is 4.31 Å². The molecule has 0 N–H and O–H groups in total. The minimum Gasteiger partial charge on any atom is -0.495 e. The number of rotatable bonds is 5. The van der Waals surface area contributed by atoms with Crippen molar-refractivity contribution in [2.24, 2.45) is 5.92 Å². The van der Waals surface area contributed by atoms with Crippen LogP contribution in [0.3, 0.4) is 0 Å². The van der Waals surface area contributed by atoms with Crippen LogP contribution in [0.5, 0.6) is 5.75 Å². The quantitative estimate of drug-likeness (QED) is 0.825. The molecule has 0 amide bonds. The maximum atomic E-state index is 13.0. The average molecular weight is 338 g/mol. The Morgan fingerprint density at radius 1 is 1.17 bits per heavy atom. The highest BCUT2D eigenvalue weighted by atomic mass is 32.2. The third kappa shape index (κ3) is 3.39. The van der Waals surface area contributed by atoms with Crippen molar-refractivity contribution in [2.45, 2.75) is 37.6 Å². The number of hydrogen-bond acceptors (Lipinski definition) is 4. The van der Waals surface area contributed by atoms with E-state index < -0.39 is 10.0 Å². The Hall–Kier alpha value is -1.11. The van der Waals surface area contributed by atoms with Crippen LogP contribution in [0, 0.1) is 12.8 Å². The summed E-state index contributed by atoms with van der Waals surface area (Å²) in [6.45, 7) is 6.89. The second kappa shape index (κ2) is 6.42. The first-order chi connectivity index (χ1) is 10.9. The zero-order valence-electron chi connectivity index (χ0n) is 14.2. The van der Waals surface area contributed by atoms with Crippen LogP contribution in [0.1, 0.15) is 25.3 Å². The zero-order chi connectivity index (χ0) is 16.6. The predicted molar refractivity (Wildman–Crippen MR) is 90.2 cm³/mol. The Morgan fingerprint density at radius 3 is 2.39 bits per heavy atom. The minimum absolute atomic E-state index is 0.281. The van der Waals surface area contributed by atoms with E-state index in [-0.39, 0.29) is 4.90 Å². The summed E-state index contributed by atoms with van der Waals surface area (Å²) in [5, 5.41) is 0. The molecule has 1 unspecified atom stereocenters. The van der Waals surface area contributed by atoms with E-state index >= 15 is 0 Å². The molecule has 1 saturated carbocycles. The Balaban J connectivity index is 1.75. The van der Waals surface area contributed by atoms with Crippen LogP contribution in [0.25, 0.3) is 0 Å². The number of ether oxygens (including phenoxy) is 1. The minimum atomic E-state index is -3.50. The predicted octanol–water partition coefficient (Wildman–Crippen LogP) is 2.11. The van der Waals surface area contributed by atoms with Gasteiger partial charge in [-0.05, 0) is 50.3 Å². The lowest BCUT2D eigenvalue weighted by Gasteiger charge is -2.37.